The molecule has 1 aromatic carbocycles. The predicted molar refractivity (Wildman–Crippen MR) is 83.6 cm³/mol. The molecule has 22 heavy (non-hydrogen) atoms. The maximum atomic E-state index is 11.9. The lowest BCUT2D eigenvalue weighted by Gasteiger charge is -2.07. The number of nitrogens with zero attached hydrogens (tertiary/aromatic N) is 3. The second kappa shape index (κ2) is 4.96. The normalized spacial score (nSPS) is 11.1. The first-order chi connectivity index (χ1) is 10.8. The number of benzene rings is 1. The minimum Gasteiger partial charge on any atom is -0.352 e. The van der Waals surface area contributed by atoms with Crippen molar-refractivity contribution in [2.75, 3.05) is 5.32 Å². The highest BCUT2D eigenvalue weighted by Gasteiger charge is 2.06. The molecule has 0 unspecified atom stereocenters. The van der Waals surface area contributed by atoms with E-state index in [-0.39, 0.29) is 5.56 Å². The van der Waals surface area contributed by atoms with Gasteiger partial charge in [-0.3, -0.25) is 19.9 Å². The number of aromatic amines is 2. The molecule has 0 spiro atoms. The molecule has 0 bridgehead atoms. The molecule has 0 aliphatic carbocycles. The molecule has 7 heteroatoms. The highest BCUT2D eigenvalue weighted by atomic mass is 16.1. The maximum Gasteiger partial charge on any atom is 0.263 e. The van der Waals surface area contributed by atoms with E-state index in [0.717, 1.165) is 16.5 Å². The fraction of sp³-hybridized carbons (Fsp3) is 0.0667. The molecule has 3 heterocycles. The molecule has 0 saturated carbocycles. The van der Waals surface area contributed by atoms with E-state index in [4.69, 9.17) is 0 Å². The van der Waals surface area contributed by atoms with Crippen LogP contribution in [-0.4, -0.2) is 25.1 Å². The number of anilines is 1. The van der Waals surface area contributed by atoms with E-state index >= 15 is 0 Å². The number of H-pyrrole nitrogens is 2. The van der Waals surface area contributed by atoms with Gasteiger partial charge in [-0.2, -0.15) is 10.1 Å². The van der Waals surface area contributed by atoms with Crippen LogP contribution in [0.2, 0.25) is 0 Å². The van der Waals surface area contributed by atoms with E-state index in [0.29, 0.717) is 23.5 Å². The van der Waals surface area contributed by atoms with E-state index in [1.807, 2.05) is 30.3 Å². The summed E-state index contributed by atoms with van der Waals surface area (Å²) in [6.45, 7) is 0.511. The van der Waals surface area contributed by atoms with Gasteiger partial charge in [0, 0.05) is 18.1 Å². The summed E-state index contributed by atoms with van der Waals surface area (Å²) in [6, 6.07) is 9.92. The van der Waals surface area contributed by atoms with Crippen LogP contribution in [0.4, 0.5) is 5.95 Å². The molecule has 0 fully saturated rings. The van der Waals surface area contributed by atoms with Gasteiger partial charge in [-0.25, -0.2) is 0 Å². The third-order valence-corrected chi connectivity index (χ3v) is 3.48. The summed E-state index contributed by atoms with van der Waals surface area (Å²) in [7, 11) is 0. The molecule has 108 valence electrons. The Hall–Kier alpha value is -3.22. The fourth-order valence-corrected chi connectivity index (χ4v) is 2.42. The van der Waals surface area contributed by atoms with Gasteiger partial charge in [0.1, 0.15) is 5.39 Å². The Morgan fingerprint density at radius 3 is 3.05 bits per heavy atom. The van der Waals surface area contributed by atoms with E-state index in [9.17, 15) is 4.79 Å². The molecule has 3 N–H and O–H groups in total. The Labute approximate surface area is 124 Å². The zero-order chi connectivity index (χ0) is 14.9. The van der Waals surface area contributed by atoms with Crippen LogP contribution in [-0.2, 0) is 6.54 Å². The summed E-state index contributed by atoms with van der Waals surface area (Å²) in [6.07, 6.45) is 3.22. The van der Waals surface area contributed by atoms with Crippen molar-refractivity contribution in [3.63, 3.8) is 0 Å². The van der Waals surface area contributed by atoms with Crippen molar-refractivity contribution in [3.8, 4) is 0 Å². The van der Waals surface area contributed by atoms with Crippen LogP contribution in [0, 0.1) is 0 Å². The van der Waals surface area contributed by atoms with Gasteiger partial charge in [0.05, 0.1) is 11.7 Å². The van der Waals surface area contributed by atoms with Gasteiger partial charge in [-0.1, -0.05) is 24.3 Å². The molecule has 0 amide bonds. The Bertz CT molecular complexity index is 1010. The average molecular weight is 292 g/mol. The molecule has 4 aromatic rings. The van der Waals surface area contributed by atoms with E-state index in [2.05, 4.69) is 30.5 Å². The predicted octanol–water partition coefficient (Wildman–Crippen LogP) is 1.81. The lowest BCUT2D eigenvalue weighted by molar-refractivity contribution is 1.04. The molecule has 0 radical (unpaired) electrons. The summed E-state index contributed by atoms with van der Waals surface area (Å²) < 4.78 is 0. The molecule has 0 atom stereocenters. The minimum atomic E-state index is -0.225. The summed E-state index contributed by atoms with van der Waals surface area (Å²) in [5.41, 5.74) is 2.20. The Balaban J connectivity index is 1.67. The largest absolute Gasteiger partial charge is 0.352 e. The van der Waals surface area contributed by atoms with Crippen molar-refractivity contribution in [1.82, 2.24) is 25.1 Å². The number of aromatic nitrogens is 5. The summed E-state index contributed by atoms with van der Waals surface area (Å²) in [5.74, 6) is 0.398. The van der Waals surface area contributed by atoms with Crippen LogP contribution in [0.3, 0.4) is 0 Å². The van der Waals surface area contributed by atoms with Crippen molar-refractivity contribution in [2.24, 2.45) is 0 Å². The first kappa shape index (κ1) is 12.5. The number of fused-ring (bicyclic) bond motifs is 2. The minimum absolute atomic E-state index is 0.225. The van der Waals surface area contributed by atoms with Crippen molar-refractivity contribution in [3.05, 3.63) is 58.6 Å². The fourth-order valence-electron chi connectivity index (χ4n) is 2.42. The van der Waals surface area contributed by atoms with Crippen molar-refractivity contribution in [1.29, 1.82) is 0 Å². The zero-order valence-corrected chi connectivity index (χ0v) is 11.5. The number of hydrogen-bond acceptors (Lipinski definition) is 5. The standard InChI is InChI=1S/C15H12N6O/c22-14-11-8-18-21-13(11)19-15(20-14)17-7-10-4-1-3-9-5-2-6-16-12(9)10/h1-6,8H,7H2,(H3,17,18,19,20,21,22). The van der Waals surface area contributed by atoms with Gasteiger partial charge in [-0.15, -0.1) is 0 Å². The number of nitrogens with one attached hydrogen (secondary N) is 3. The monoisotopic (exact) mass is 292 g/mol. The number of rotatable bonds is 3. The van der Waals surface area contributed by atoms with Gasteiger partial charge in [0.25, 0.3) is 5.56 Å². The Morgan fingerprint density at radius 2 is 2.09 bits per heavy atom. The van der Waals surface area contributed by atoms with Gasteiger partial charge in [0.2, 0.25) is 5.95 Å². The van der Waals surface area contributed by atoms with Crippen LogP contribution < -0.4 is 10.9 Å². The van der Waals surface area contributed by atoms with E-state index in [1.165, 1.54) is 6.20 Å². The Kier molecular flexibility index (Phi) is 2.82. The number of hydrogen-bond donors (Lipinski definition) is 3. The Morgan fingerprint density at radius 1 is 1.18 bits per heavy atom. The topological polar surface area (TPSA) is 99.4 Å². The van der Waals surface area contributed by atoms with Crippen LogP contribution in [0.5, 0.6) is 0 Å². The van der Waals surface area contributed by atoms with Crippen molar-refractivity contribution >= 4 is 27.9 Å². The third-order valence-electron chi connectivity index (χ3n) is 3.48. The number of pyridine rings is 1. The lowest BCUT2D eigenvalue weighted by atomic mass is 10.1. The molecule has 0 aliphatic heterocycles. The molecule has 0 saturated heterocycles. The van der Waals surface area contributed by atoms with Gasteiger partial charge in [-0.05, 0) is 11.6 Å². The van der Waals surface area contributed by atoms with Gasteiger partial charge >= 0.3 is 0 Å². The van der Waals surface area contributed by atoms with E-state index in [1.54, 1.807) is 6.20 Å². The van der Waals surface area contributed by atoms with Crippen LogP contribution in [0.1, 0.15) is 5.56 Å². The summed E-state index contributed by atoms with van der Waals surface area (Å²) in [4.78, 5) is 23.3. The highest BCUT2D eigenvalue weighted by molar-refractivity contribution is 5.81. The zero-order valence-electron chi connectivity index (χ0n) is 11.5. The molecular weight excluding hydrogens is 280 g/mol. The van der Waals surface area contributed by atoms with Crippen molar-refractivity contribution in [2.45, 2.75) is 6.54 Å². The van der Waals surface area contributed by atoms with Crippen molar-refractivity contribution < 1.29 is 0 Å². The highest BCUT2D eigenvalue weighted by Crippen LogP contribution is 2.16. The first-order valence-electron chi connectivity index (χ1n) is 6.81. The third kappa shape index (κ3) is 2.08. The summed E-state index contributed by atoms with van der Waals surface area (Å²) >= 11 is 0. The molecular formula is C15H12N6O. The molecule has 0 aliphatic rings. The van der Waals surface area contributed by atoms with E-state index < -0.39 is 0 Å². The quantitative estimate of drug-likeness (QED) is 0.535. The van der Waals surface area contributed by atoms with Gasteiger partial charge in [0.15, 0.2) is 5.65 Å². The second-order valence-corrected chi connectivity index (χ2v) is 4.89. The number of para-hydroxylation sites is 1. The van der Waals surface area contributed by atoms with Gasteiger partial charge < -0.3 is 5.32 Å². The van der Waals surface area contributed by atoms with Crippen LogP contribution in [0.15, 0.2) is 47.5 Å². The SMILES string of the molecule is O=c1[nH]c(NCc2cccc3cccnc23)nc2[nH]ncc12. The lowest BCUT2D eigenvalue weighted by Crippen LogP contribution is -2.12. The molecule has 3 aromatic heterocycles. The average Bonchev–Trinajstić information content (AvgIpc) is 3.02. The van der Waals surface area contributed by atoms with Crippen LogP contribution >= 0.6 is 0 Å². The first-order valence-corrected chi connectivity index (χ1v) is 6.81. The summed E-state index contributed by atoms with van der Waals surface area (Å²) in [5, 5.41) is 11.2. The maximum absolute atomic E-state index is 11.9. The van der Waals surface area contributed by atoms with Crippen LogP contribution in [0.25, 0.3) is 21.9 Å². The molecule has 4 rings (SSSR count). The smallest absolute Gasteiger partial charge is 0.263 e. The molecule has 7 nitrogen and oxygen atoms in total. The second-order valence-electron chi connectivity index (χ2n) is 4.89.